The summed E-state index contributed by atoms with van der Waals surface area (Å²) in [6.45, 7) is 4.03. The summed E-state index contributed by atoms with van der Waals surface area (Å²) in [5, 5.41) is 6.23. The van der Waals surface area contributed by atoms with Crippen LogP contribution >= 0.6 is 0 Å². The third-order valence-corrected chi connectivity index (χ3v) is 5.67. The molecule has 9 heteroatoms. The summed E-state index contributed by atoms with van der Waals surface area (Å²) in [6.07, 6.45) is -2.83. The van der Waals surface area contributed by atoms with Gasteiger partial charge in [-0.25, -0.2) is 4.98 Å². The zero-order valence-corrected chi connectivity index (χ0v) is 15.7. The van der Waals surface area contributed by atoms with E-state index in [4.69, 9.17) is 9.47 Å². The molecule has 0 amide bonds. The van der Waals surface area contributed by atoms with Crippen LogP contribution in [0.5, 0.6) is 5.75 Å². The minimum Gasteiger partial charge on any atom is -0.486 e. The smallest absolute Gasteiger partial charge is 0.420 e. The highest BCUT2D eigenvalue weighted by Crippen LogP contribution is 2.46. The average molecular weight is 406 g/mol. The SMILES string of the molecule is FC(F)(F)c1cc(C2CNC2)cc2c1OCc1c(N3CCOCC3)ccnc1N2. The third kappa shape index (κ3) is 3.38. The molecule has 0 aliphatic carbocycles. The Morgan fingerprint density at radius 1 is 1.14 bits per heavy atom. The highest BCUT2D eigenvalue weighted by atomic mass is 19.4. The first-order valence-corrected chi connectivity index (χ1v) is 9.67. The summed E-state index contributed by atoms with van der Waals surface area (Å²) in [7, 11) is 0. The number of halogens is 3. The van der Waals surface area contributed by atoms with Crippen molar-refractivity contribution < 1.29 is 22.6 Å². The molecule has 29 heavy (non-hydrogen) atoms. The number of hydrogen-bond acceptors (Lipinski definition) is 6. The number of ether oxygens (including phenoxy) is 2. The minimum atomic E-state index is -4.50. The van der Waals surface area contributed by atoms with Gasteiger partial charge in [0, 0.05) is 44.0 Å². The van der Waals surface area contributed by atoms with Crippen LogP contribution in [0.2, 0.25) is 0 Å². The second-order valence-corrected chi connectivity index (χ2v) is 7.47. The lowest BCUT2D eigenvalue weighted by Crippen LogP contribution is -2.40. The summed E-state index contributed by atoms with van der Waals surface area (Å²) < 4.78 is 52.6. The van der Waals surface area contributed by atoms with Gasteiger partial charge in [0.05, 0.1) is 30.0 Å². The molecule has 2 aromatic rings. The molecule has 154 valence electrons. The average Bonchev–Trinajstić information content (AvgIpc) is 2.85. The first-order chi connectivity index (χ1) is 14.0. The van der Waals surface area contributed by atoms with Gasteiger partial charge in [0.25, 0.3) is 0 Å². The molecule has 4 heterocycles. The lowest BCUT2D eigenvalue weighted by molar-refractivity contribution is -0.139. The predicted molar refractivity (Wildman–Crippen MR) is 102 cm³/mol. The van der Waals surface area contributed by atoms with Crippen LogP contribution in [0.25, 0.3) is 0 Å². The molecule has 2 fully saturated rings. The van der Waals surface area contributed by atoms with E-state index in [-0.39, 0.29) is 18.3 Å². The van der Waals surface area contributed by atoms with E-state index in [1.54, 1.807) is 12.3 Å². The molecule has 5 rings (SSSR count). The zero-order valence-electron chi connectivity index (χ0n) is 15.7. The summed E-state index contributed by atoms with van der Waals surface area (Å²) in [6, 6.07) is 4.86. The Balaban J connectivity index is 1.57. The van der Waals surface area contributed by atoms with Crippen molar-refractivity contribution in [2.45, 2.75) is 18.7 Å². The molecule has 0 radical (unpaired) electrons. The molecule has 0 saturated carbocycles. The number of fused-ring (bicyclic) bond motifs is 2. The van der Waals surface area contributed by atoms with E-state index >= 15 is 0 Å². The standard InChI is InChI=1S/C20H21F3N4O2/c21-20(22,23)15-7-12(13-9-24-10-13)8-16-18(15)29-11-14-17(1-2-25-19(14)26-16)27-3-5-28-6-4-27/h1-2,7-8,13,24H,3-6,9-11H2,(H,25,26). The number of aromatic nitrogens is 1. The van der Waals surface area contributed by atoms with Crippen molar-refractivity contribution in [1.82, 2.24) is 10.3 Å². The highest BCUT2D eigenvalue weighted by Gasteiger charge is 2.38. The van der Waals surface area contributed by atoms with Crippen LogP contribution in [0.15, 0.2) is 24.4 Å². The molecular formula is C20H21F3N4O2. The first kappa shape index (κ1) is 18.5. The van der Waals surface area contributed by atoms with E-state index in [1.165, 1.54) is 6.07 Å². The first-order valence-electron chi connectivity index (χ1n) is 9.67. The molecule has 0 unspecified atom stereocenters. The molecule has 1 aromatic carbocycles. The fourth-order valence-electron chi connectivity index (χ4n) is 3.97. The van der Waals surface area contributed by atoms with Gasteiger partial charge in [-0.05, 0) is 23.8 Å². The fraction of sp³-hybridized carbons (Fsp3) is 0.450. The lowest BCUT2D eigenvalue weighted by Gasteiger charge is -2.30. The quantitative estimate of drug-likeness (QED) is 0.799. The maximum absolute atomic E-state index is 13.8. The van der Waals surface area contributed by atoms with Gasteiger partial charge in [0.2, 0.25) is 0 Å². The van der Waals surface area contributed by atoms with Crippen molar-refractivity contribution in [2.24, 2.45) is 0 Å². The Kier molecular flexibility index (Phi) is 4.51. The van der Waals surface area contributed by atoms with Gasteiger partial charge < -0.3 is 25.0 Å². The molecular weight excluding hydrogens is 385 g/mol. The van der Waals surface area contributed by atoms with Crippen LogP contribution in [0, 0.1) is 0 Å². The van der Waals surface area contributed by atoms with Crippen molar-refractivity contribution in [1.29, 1.82) is 0 Å². The van der Waals surface area contributed by atoms with E-state index in [0.29, 0.717) is 43.4 Å². The van der Waals surface area contributed by atoms with Crippen LogP contribution in [-0.4, -0.2) is 44.4 Å². The summed E-state index contributed by atoms with van der Waals surface area (Å²) in [5.41, 5.74) is 1.89. The van der Waals surface area contributed by atoms with Gasteiger partial charge in [0.1, 0.15) is 12.4 Å². The number of morpholine rings is 1. The van der Waals surface area contributed by atoms with Gasteiger partial charge in [-0.15, -0.1) is 0 Å². The molecule has 0 bridgehead atoms. The second-order valence-electron chi connectivity index (χ2n) is 7.47. The van der Waals surface area contributed by atoms with Crippen molar-refractivity contribution in [3.8, 4) is 5.75 Å². The van der Waals surface area contributed by atoms with Gasteiger partial charge in [-0.3, -0.25) is 0 Å². The molecule has 3 aliphatic rings. The zero-order chi connectivity index (χ0) is 20.0. The number of nitrogens with one attached hydrogen (secondary N) is 2. The van der Waals surface area contributed by atoms with Crippen molar-refractivity contribution >= 4 is 17.2 Å². The summed E-state index contributed by atoms with van der Waals surface area (Å²) in [4.78, 5) is 6.55. The number of benzene rings is 1. The number of hydrogen-bond donors (Lipinski definition) is 2. The van der Waals surface area contributed by atoms with E-state index < -0.39 is 11.7 Å². The van der Waals surface area contributed by atoms with Crippen molar-refractivity contribution in [2.75, 3.05) is 49.6 Å². The Morgan fingerprint density at radius 3 is 2.62 bits per heavy atom. The van der Waals surface area contributed by atoms with Crippen LogP contribution in [-0.2, 0) is 17.5 Å². The monoisotopic (exact) mass is 406 g/mol. The molecule has 0 atom stereocenters. The molecule has 0 spiro atoms. The fourth-order valence-corrected chi connectivity index (χ4v) is 3.97. The number of rotatable bonds is 2. The van der Waals surface area contributed by atoms with Crippen LogP contribution in [0.4, 0.5) is 30.4 Å². The minimum absolute atomic E-state index is 0.0171. The molecule has 3 aliphatic heterocycles. The maximum atomic E-state index is 13.8. The third-order valence-electron chi connectivity index (χ3n) is 5.67. The number of anilines is 3. The predicted octanol–water partition coefficient (Wildman–Crippen LogP) is 3.26. The molecule has 6 nitrogen and oxygen atoms in total. The summed E-state index contributed by atoms with van der Waals surface area (Å²) in [5.74, 6) is 0.433. The second kappa shape index (κ2) is 7.07. The van der Waals surface area contributed by atoms with Gasteiger partial charge in [0.15, 0.2) is 5.75 Å². The normalized spacial score (nSPS) is 19.3. The summed E-state index contributed by atoms with van der Waals surface area (Å²) >= 11 is 0. The van der Waals surface area contributed by atoms with Crippen molar-refractivity contribution in [3.05, 3.63) is 41.1 Å². The molecule has 1 aromatic heterocycles. The van der Waals surface area contributed by atoms with Crippen LogP contribution in [0.3, 0.4) is 0 Å². The van der Waals surface area contributed by atoms with Gasteiger partial charge in [-0.1, -0.05) is 0 Å². The highest BCUT2D eigenvalue weighted by molar-refractivity contribution is 5.75. The van der Waals surface area contributed by atoms with E-state index in [0.717, 1.165) is 24.3 Å². The van der Waals surface area contributed by atoms with E-state index in [9.17, 15) is 13.2 Å². The number of nitrogens with zero attached hydrogens (tertiary/aromatic N) is 2. The Morgan fingerprint density at radius 2 is 1.93 bits per heavy atom. The topological polar surface area (TPSA) is 58.7 Å². The van der Waals surface area contributed by atoms with E-state index in [2.05, 4.69) is 20.5 Å². The molecule has 2 N–H and O–H groups in total. The van der Waals surface area contributed by atoms with Crippen molar-refractivity contribution in [3.63, 3.8) is 0 Å². The lowest BCUT2D eigenvalue weighted by atomic mass is 9.91. The Hall–Kier alpha value is -2.52. The molecule has 2 saturated heterocycles. The number of alkyl halides is 3. The van der Waals surface area contributed by atoms with Crippen LogP contribution < -0.4 is 20.3 Å². The van der Waals surface area contributed by atoms with Gasteiger partial charge in [-0.2, -0.15) is 13.2 Å². The largest absolute Gasteiger partial charge is 0.486 e. The van der Waals surface area contributed by atoms with Crippen LogP contribution in [0.1, 0.15) is 22.6 Å². The number of pyridine rings is 1. The Labute approximate surface area is 166 Å². The van der Waals surface area contributed by atoms with E-state index in [1.807, 2.05) is 6.07 Å². The maximum Gasteiger partial charge on any atom is 0.420 e. The Bertz CT molecular complexity index is 925. The van der Waals surface area contributed by atoms with Gasteiger partial charge >= 0.3 is 6.18 Å².